The SMILES string of the molecule is COCCNCc1cc(F)ccc1Oc1cncc(Br)c1. The molecular weight excluding hydrogens is 339 g/mol. The Labute approximate surface area is 131 Å². The summed E-state index contributed by atoms with van der Waals surface area (Å²) < 4.78 is 25.0. The number of nitrogens with zero attached hydrogens (tertiary/aromatic N) is 1. The van der Waals surface area contributed by atoms with E-state index in [1.807, 2.05) is 0 Å². The Bertz CT molecular complexity index is 596. The fourth-order valence-corrected chi connectivity index (χ4v) is 2.10. The van der Waals surface area contributed by atoms with Crippen LogP contribution in [0.1, 0.15) is 5.56 Å². The number of ether oxygens (including phenoxy) is 2. The van der Waals surface area contributed by atoms with E-state index in [9.17, 15) is 4.39 Å². The average molecular weight is 355 g/mol. The second-order valence-corrected chi connectivity index (χ2v) is 5.28. The molecule has 0 fully saturated rings. The lowest BCUT2D eigenvalue weighted by molar-refractivity contribution is 0.199. The van der Waals surface area contributed by atoms with Gasteiger partial charge in [-0.3, -0.25) is 4.98 Å². The van der Waals surface area contributed by atoms with Crippen molar-refractivity contribution in [1.29, 1.82) is 0 Å². The van der Waals surface area contributed by atoms with Crippen molar-refractivity contribution in [3.63, 3.8) is 0 Å². The fraction of sp³-hybridized carbons (Fsp3) is 0.267. The highest BCUT2D eigenvalue weighted by atomic mass is 79.9. The number of nitrogens with one attached hydrogen (secondary N) is 1. The summed E-state index contributed by atoms with van der Waals surface area (Å²) in [5.74, 6) is 0.897. The van der Waals surface area contributed by atoms with Gasteiger partial charge in [0, 0.05) is 36.4 Å². The second kappa shape index (κ2) is 8.07. The molecule has 0 spiro atoms. The lowest BCUT2D eigenvalue weighted by atomic mass is 10.2. The van der Waals surface area contributed by atoms with Crippen LogP contribution < -0.4 is 10.1 Å². The maximum absolute atomic E-state index is 13.4. The zero-order chi connectivity index (χ0) is 15.1. The number of benzene rings is 1. The number of halogens is 2. The van der Waals surface area contributed by atoms with E-state index in [4.69, 9.17) is 9.47 Å². The van der Waals surface area contributed by atoms with E-state index in [2.05, 4.69) is 26.2 Å². The number of hydrogen-bond donors (Lipinski definition) is 1. The first kappa shape index (κ1) is 15.9. The van der Waals surface area contributed by atoms with Gasteiger partial charge in [0.2, 0.25) is 0 Å². The molecular formula is C15H16BrFN2O2. The molecule has 0 aliphatic rings. The summed E-state index contributed by atoms with van der Waals surface area (Å²) in [5.41, 5.74) is 0.742. The van der Waals surface area contributed by atoms with E-state index in [0.29, 0.717) is 31.2 Å². The fourth-order valence-electron chi connectivity index (χ4n) is 1.76. The van der Waals surface area contributed by atoms with Crippen LogP contribution in [-0.4, -0.2) is 25.2 Å². The largest absolute Gasteiger partial charge is 0.455 e. The summed E-state index contributed by atoms with van der Waals surface area (Å²) in [5, 5.41) is 3.17. The molecule has 0 unspecified atom stereocenters. The molecule has 1 heterocycles. The molecule has 0 atom stereocenters. The topological polar surface area (TPSA) is 43.4 Å². The Kier molecular flexibility index (Phi) is 6.10. The molecule has 2 rings (SSSR count). The van der Waals surface area contributed by atoms with Gasteiger partial charge in [-0.1, -0.05) is 0 Å². The van der Waals surface area contributed by atoms with Gasteiger partial charge in [0.1, 0.15) is 17.3 Å². The van der Waals surface area contributed by atoms with Crippen molar-refractivity contribution in [2.45, 2.75) is 6.54 Å². The van der Waals surface area contributed by atoms with Gasteiger partial charge in [0.15, 0.2) is 0 Å². The van der Waals surface area contributed by atoms with Crippen molar-refractivity contribution >= 4 is 15.9 Å². The number of hydrogen-bond acceptors (Lipinski definition) is 4. The molecule has 0 radical (unpaired) electrons. The van der Waals surface area contributed by atoms with E-state index in [0.717, 1.165) is 10.0 Å². The first-order valence-electron chi connectivity index (χ1n) is 6.45. The van der Waals surface area contributed by atoms with Crippen LogP contribution in [0.25, 0.3) is 0 Å². The molecule has 1 N–H and O–H groups in total. The Morgan fingerprint density at radius 1 is 1.29 bits per heavy atom. The molecule has 0 bridgehead atoms. The van der Waals surface area contributed by atoms with Gasteiger partial charge < -0.3 is 14.8 Å². The van der Waals surface area contributed by atoms with Gasteiger partial charge in [0.05, 0.1) is 12.8 Å². The van der Waals surface area contributed by atoms with E-state index in [1.165, 1.54) is 12.1 Å². The summed E-state index contributed by atoms with van der Waals surface area (Å²) in [6, 6.07) is 6.25. The molecule has 1 aromatic heterocycles. The highest BCUT2D eigenvalue weighted by Crippen LogP contribution is 2.27. The van der Waals surface area contributed by atoms with Crippen LogP contribution in [0.2, 0.25) is 0 Å². The maximum Gasteiger partial charge on any atom is 0.146 e. The standard InChI is InChI=1S/C15H16BrFN2O2/c1-20-5-4-18-8-11-6-13(17)2-3-15(11)21-14-7-12(16)9-19-10-14/h2-3,6-7,9-10,18H,4-5,8H2,1H3. The van der Waals surface area contributed by atoms with Crippen LogP contribution >= 0.6 is 15.9 Å². The van der Waals surface area contributed by atoms with Crippen molar-refractivity contribution in [2.24, 2.45) is 0 Å². The van der Waals surface area contributed by atoms with Crippen LogP contribution in [0.3, 0.4) is 0 Å². The van der Waals surface area contributed by atoms with Crippen LogP contribution in [-0.2, 0) is 11.3 Å². The first-order chi connectivity index (χ1) is 10.2. The maximum atomic E-state index is 13.4. The number of rotatable bonds is 7. The summed E-state index contributed by atoms with van der Waals surface area (Å²) in [4.78, 5) is 4.04. The van der Waals surface area contributed by atoms with Crippen LogP contribution in [0.15, 0.2) is 41.1 Å². The second-order valence-electron chi connectivity index (χ2n) is 4.36. The molecule has 0 aliphatic carbocycles. The zero-order valence-corrected chi connectivity index (χ0v) is 13.2. The molecule has 0 amide bonds. The van der Waals surface area contributed by atoms with Crippen molar-refractivity contribution in [3.8, 4) is 11.5 Å². The zero-order valence-electron chi connectivity index (χ0n) is 11.6. The molecule has 1 aromatic carbocycles. The van der Waals surface area contributed by atoms with Crippen LogP contribution in [0.5, 0.6) is 11.5 Å². The third-order valence-electron chi connectivity index (χ3n) is 2.73. The van der Waals surface area contributed by atoms with Gasteiger partial charge in [-0.25, -0.2) is 4.39 Å². The van der Waals surface area contributed by atoms with Crippen molar-refractivity contribution < 1.29 is 13.9 Å². The van der Waals surface area contributed by atoms with Gasteiger partial charge in [-0.15, -0.1) is 0 Å². The lowest BCUT2D eigenvalue weighted by Crippen LogP contribution is -2.19. The van der Waals surface area contributed by atoms with Crippen molar-refractivity contribution in [3.05, 3.63) is 52.5 Å². The quantitative estimate of drug-likeness (QED) is 0.772. The Hall–Kier alpha value is -1.50. The molecule has 0 saturated carbocycles. The van der Waals surface area contributed by atoms with Gasteiger partial charge in [0.25, 0.3) is 0 Å². The van der Waals surface area contributed by atoms with Crippen molar-refractivity contribution in [1.82, 2.24) is 10.3 Å². The average Bonchev–Trinajstić information content (AvgIpc) is 2.46. The summed E-state index contributed by atoms with van der Waals surface area (Å²) in [7, 11) is 1.64. The third kappa shape index (κ3) is 5.08. The molecule has 4 nitrogen and oxygen atoms in total. The first-order valence-corrected chi connectivity index (χ1v) is 7.25. The minimum Gasteiger partial charge on any atom is -0.455 e. The van der Waals surface area contributed by atoms with E-state index in [-0.39, 0.29) is 5.82 Å². The minimum atomic E-state index is -0.293. The summed E-state index contributed by atoms with van der Waals surface area (Å²) in [6.07, 6.45) is 3.28. The summed E-state index contributed by atoms with van der Waals surface area (Å²) >= 11 is 3.34. The van der Waals surface area contributed by atoms with E-state index < -0.39 is 0 Å². The number of methoxy groups -OCH3 is 1. The molecule has 2 aromatic rings. The van der Waals surface area contributed by atoms with E-state index in [1.54, 1.807) is 31.6 Å². The number of pyridine rings is 1. The molecule has 6 heteroatoms. The third-order valence-corrected chi connectivity index (χ3v) is 3.16. The summed E-state index contributed by atoms with van der Waals surface area (Å²) in [6.45, 7) is 1.78. The Morgan fingerprint density at radius 2 is 2.14 bits per heavy atom. The molecule has 0 saturated heterocycles. The predicted octanol–water partition coefficient (Wildman–Crippen LogP) is 3.51. The van der Waals surface area contributed by atoms with Gasteiger partial charge >= 0.3 is 0 Å². The van der Waals surface area contributed by atoms with Crippen molar-refractivity contribution in [2.75, 3.05) is 20.3 Å². The smallest absolute Gasteiger partial charge is 0.146 e. The lowest BCUT2D eigenvalue weighted by Gasteiger charge is -2.12. The normalized spacial score (nSPS) is 10.6. The van der Waals surface area contributed by atoms with Crippen LogP contribution in [0.4, 0.5) is 4.39 Å². The molecule has 21 heavy (non-hydrogen) atoms. The minimum absolute atomic E-state index is 0.293. The highest BCUT2D eigenvalue weighted by Gasteiger charge is 2.07. The predicted molar refractivity (Wildman–Crippen MR) is 82.0 cm³/mol. The number of aromatic nitrogens is 1. The van der Waals surface area contributed by atoms with Crippen LogP contribution in [0, 0.1) is 5.82 Å². The highest BCUT2D eigenvalue weighted by molar-refractivity contribution is 9.10. The molecule has 112 valence electrons. The van der Waals surface area contributed by atoms with Gasteiger partial charge in [-0.2, -0.15) is 0 Å². The Morgan fingerprint density at radius 3 is 2.90 bits per heavy atom. The Balaban J connectivity index is 2.10. The monoisotopic (exact) mass is 354 g/mol. The van der Waals surface area contributed by atoms with E-state index >= 15 is 0 Å². The van der Waals surface area contributed by atoms with Gasteiger partial charge in [-0.05, 0) is 40.2 Å². The molecule has 0 aliphatic heterocycles.